The lowest BCUT2D eigenvalue weighted by Crippen LogP contribution is -2.30. The monoisotopic (exact) mass is 257 g/mol. The van der Waals surface area contributed by atoms with Crippen LogP contribution in [0.3, 0.4) is 0 Å². The number of benzene rings is 1. The largest absolute Gasteiger partial charge is 0.317 e. The summed E-state index contributed by atoms with van der Waals surface area (Å²) in [4.78, 5) is 11.8. The fourth-order valence-corrected chi connectivity index (χ4v) is 3.10. The topological polar surface area (TPSA) is 57.8 Å². The number of hydrogen-bond donors (Lipinski definition) is 2. The summed E-state index contributed by atoms with van der Waals surface area (Å²) in [6.07, 6.45) is 4.62. The molecule has 0 atom stereocenters. The van der Waals surface area contributed by atoms with Crippen molar-refractivity contribution in [2.45, 2.75) is 37.6 Å². The maximum Gasteiger partial charge on any atom is 0.272 e. The highest BCUT2D eigenvalue weighted by molar-refractivity contribution is 5.83. The van der Waals surface area contributed by atoms with Gasteiger partial charge in [0, 0.05) is 17.3 Å². The first-order valence-corrected chi connectivity index (χ1v) is 6.94. The Kier molecular flexibility index (Phi) is 3.34. The van der Waals surface area contributed by atoms with Gasteiger partial charge in [-0.15, -0.1) is 0 Å². The maximum absolute atomic E-state index is 11.8. The van der Waals surface area contributed by atoms with Gasteiger partial charge < -0.3 is 5.32 Å². The predicted molar refractivity (Wildman–Crippen MR) is 76.4 cm³/mol. The van der Waals surface area contributed by atoms with Crippen LogP contribution in [0.1, 0.15) is 37.3 Å². The lowest BCUT2D eigenvalue weighted by atomic mass is 9.83. The first kappa shape index (κ1) is 12.4. The highest BCUT2D eigenvalue weighted by atomic mass is 16.1. The van der Waals surface area contributed by atoms with E-state index >= 15 is 0 Å². The summed E-state index contributed by atoms with van der Waals surface area (Å²) in [6, 6.07) is 8.39. The molecule has 0 bridgehead atoms. The number of nitrogens with zero attached hydrogens (tertiary/aromatic N) is 1. The van der Waals surface area contributed by atoms with Crippen LogP contribution in [0, 0.1) is 0 Å². The van der Waals surface area contributed by atoms with Gasteiger partial charge in [-0.2, -0.15) is 5.10 Å². The highest BCUT2D eigenvalue weighted by Crippen LogP contribution is 2.34. The van der Waals surface area contributed by atoms with Crippen molar-refractivity contribution in [2.75, 3.05) is 7.05 Å². The number of aromatic nitrogens is 2. The predicted octanol–water partition coefficient (Wildman–Crippen LogP) is 2.17. The zero-order chi connectivity index (χ0) is 13.2. The third-order valence-corrected chi connectivity index (χ3v) is 4.25. The highest BCUT2D eigenvalue weighted by Gasteiger charge is 2.24. The number of fused-ring (bicyclic) bond motifs is 1. The van der Waals surface area contributed by atoms with Crippen LogP contribution < -0.4 is 10.9 Å². The van der Waals surface area contributed by atoms with Crippen molar-refractivity contribution in [2.24, 2.45) is 0 Å². The summed E-state index contributed by atoms with van der Waals surface area (Å²) in [5.41, 5.74) is 0.966. The van der Waals surface area contributed by atoms with Crippen molar-refractivity contribution in [1.29, 1.82) is 0 Å². The van der Waals surface area contributed by atoms with E-state index < -0.39 is 0 Å². The average Bonchev–Trinajstić information content (AvgIpc) is 2.48. The van der Waals surface area contributed by atoms with Crippen LogP contribution in [0.15, 0.2) is 29.1 Å². The summed E-state index contributed by atoms with van der Waals surface area (Å²) >= 11 is 0. The SMILES string of the molecule is CN[C@H]1CC[C@H](c2n[nH]c(=O)c3ccccc32)CC1. The van der Waals surface area contributed by atoms with E-state index in [1.54, 1.807) is 0 Å². The van der Waals surface area contributed by atoms with Gasteiger partial charge in [-0.1, -0.05) is 18.2 Å². The molecular weight excluding hydrogens is 238 g/mol. The van der Waals surface area contributed by atoms with E-state index in [4.69, 9.17) is 0 Å². The van der Waals surface area contributed by atoms with E-state index in [0.29, 0.717) is 12.0 Å². The Labute approximate surface area is 112 Å². The molecule has 1 heterocycles. The minimum Gasteiger partial charge on any atom is -0.317 e. The van der Waals surface area contributed by atoms with Crippen molar-refractivity contribution in [3.63, 3.8) is 0 Å². The fraction of sp³-hybridized carbons (Fsp3) is 0.467. The molecule has 1 fully saturated rings. The second-order valence-electron chi connectivity index (χ2n) is 5.32. The van der Waals surface area contributed by atoms with Gasteiger partial charge in [-0.05, 0) is 38.8 Å². The van der Waals surface area contributed by atoms with Gasteiger partial charge in [0.1, 0.15) is 0 Å². The minimum atomic E-state index is -0.0942. The molecule has 2 N–H and O–H groups in total. The number of H-pyrrole nitrogens is 1. The Morgan fingerprint density at radius 1 is 1.16 bits per heavy atom. The van der Waals surface area contributed by atoms with Gasteiger partial charge in [0.15, 0.2) is 0 Å². The zero-order valence-corrected chi connectivity index (χ0v) is 11.1. The summed E-state index contributed by atoms with van der Waals surface area (Å²) in [5.74, 6) is 0.464. The number of hydrogen-bond acceptors (Lipinski definition) is 3. The summed E-state index contributed by atoms with van der Waals surface area (Å²) in [7, 11) is 2.03. The van der Waals surface area contributed by atoms with Gasteiger partial charge in [0.2, 0.25) is 0 Å². The summed E-state index contributed by atoms with van der Waals surface area (Å²) < 4.78 is 0. The molecule has 19 heavy (non-hydrogen) atoms. The van der Waals surface area contributed by atoms with Crippen LogP contribution in [0.25, 0.3) is 10.8 Å². The molecule has 1 aromatic carbocycles. The molecule has 1 aliphatic rings. The number of aromatic amines is 1. The van der Waals surface area contributed by atoms with E-state index in [-0.39, 0.29) is 5.56 Å². The smallest absolute Gasteiger partial charge is 0.272 e. The molecule has 4 nitrogen and oxygen atoms in total. The average molecular weight is 257 g/mol. The van der Waals surface area contributed by atoms with Crippen molar-refractivity contribution in [3.8, 4) is 0 Å². The van der Waals surface area contributed by atoms with Crippen LogP contribution in [-0.2, 0) is 0 Å². The molecule has 1 aromatic heterocycles. The molecule has 4 heteroatoms. The van der Waals surface area contributed by atoms with Crippen LogP contribution in [-0.4, -0.2) is 23.3 Å². The van der Waals surface area contributed by atoms with Crippen LogP contribution in [0.4, 0.5) is 0 Å². The van der Waals surface area contributed by atoms with E-state index in [0.717, 1.165) is 29.3 Å². The van der Waals surface area contributed by atoms with Crippen molar-refractivity contribution in [3.05, 3.63) is 40.3 Å². The molecule has 0 aliphatic heterocycles. The Bertz CT molecular complexity index is 627. The van der Waals surface area contributed by atoms with Gasteiger partial charge in [-0.25, -0.2) is 5.10 Å². The third kappa shape index (κ3) is 2.28. The second-order valence-corrected chi connectivity index (χ2v) is 5.32. The molecule has 100 valence electrons. The van der Waals surface area contributed by atoms with E-state index in [1.807, 2.05) is 31.3 Å². The van der Waals surface area contributed by atoms with Gasteiger partial charge >= 0.3 is 0 Å². The molecule has 0 unspecified atom stereocenters. The van der Waals surface area contributed by atoms with Gasteiger partial charge in [0.25, 0.3) is 5.56 Å². The Hall–Kier alpha value is -1.68. The lowest BCUT2D eigenvalue weighted by Gasteiger charge is -2.28. The number of nitrogens with one attached hydrogen (secondary N) is 2. The molecule has 1 aliphatic carbocycles. The first-order chi connectivity index (χ1) is 9.29. The Balaban J connectivity index is 1.98. The minimum absolute atomic E-state index is 0.0942. The molecule has 3 rings (SSSR count). The normalized spacial score (nSPS) is 23.6. The molecule has 1 saturated carbocycles. The van der Waals surface area contributed by atoms with E-state index in [9.17, 15) is 4.79 Å². The standard InChI is InChI=1S/C15H19N3O/c1-16-11-8-6-10(7-9-11)14-12-4-2-3-5-13(12)15(19)18-17-14/h2-5,10-11,16H,6-9H2,1H3,(H,18,19)/t10-,11-. The van der Waals surface area contributed by atoms with E-state index in [1.165, 1.54) is 12.8 Å². The molecule has 2 aromatic rings. The second kappa shape index (κ2) is 5.13. The maximum atomic E-state index is 11.8. The first-order valence-electron chi connectivity index (χ1n) is 6.94. The van der Waals surface area contributed by atoms with Crippen molar-refractivity contribution in [1.82, 2.24) is 15.5 Å². The zero-order valence-electron chi connectivity index (χ0n) is 11.1. The molecule has 0 radical (unpaired) electrons. The lowest BCUT2D eigenvalue weighted by molar-refractivity contribution is 0.355. The molecule has 0 saturated heterocycles. The summed E-state index contributed by atoms with van der Waals surface area (Å²) in [5, 5.41) is 12.1. The van der Waals surface area contributed by atoms with Gasteiger partial charge in [0.05, 0.1) is 11.1 Å². The Morgan fingerprint density at radius 2 is 1.84 bits per heavy atom. The van der Waals surface area contributed by atoms with Crippen molar-refractivity contribution >= 4 is 10.8 Å². The van der Waals surface area contributed by atoms with E-state index in [2.05, 4.69) is 15.5 Å². The van der Waals surface area contributed by atoms with Crippen molar-refractivity contribution < 1.29 is 0 Å². The molecule has 0 amide bonds. The Morgan fingerprint density at radius 3 is 2.53 bits per heavy atom. The van der Waals surface area contributed by atoms with Crippen LogP contribution in [0.5, 0.6) is 0 Å². The third-order valence-electron chi connectivity index (χ3n) is 4.25. The van der Waals surface area contributed by atoms with Crippen LogP contribution in [0.2, 0.25) is 0 Å². The van der Waals surface area contributed by atoms with Gasteiger partial charge in [-0.3, -0.25) is 4.79 Å². The van der Waals surface area contributed by atoms with Crippen LogP contribution >= 0.6 is 0 Å². The number of rotatable bonds is 2. The quantitative estimate of drug-likeness (QED) is 0.867. The molecule has 0 spiro atoms. The summed E-state index contributed by atoms with van der Waals surface area (Å²) in [6.45, 7) is 0. The molecular formula is C15H19N3O. The fourth-order valence-electron chi connectivity index (χ4n) is 3.10.